The monoisotopic (exact) mass is 386 g/mol. The fourth-order valence-corrected chi connectivity index (χ4v) is 3.41. The highest BCUT2D eigenvalue weighted by atomic mass is 79.9. The Morgan fingerprint density at radius 3 is 2.88 bits per heavy atom. The van der Waals surface area contributed by atoms with Crippen LogP contribution in [-0.2, 0) is 16.0 Å². The Kier molecular flexibility index (Phi) is 5.00. The van der Waals surface area contributed by atoms with E-state index in [9.17, 15) is 9.59 Å². The smallest absolute Gasteiger partial charge is 0.227 e. The van der Waals surface area contributed by atoms with E-state index in [2.05, 4.69) is 26.6 Å². The van der Waals surface area contributed by atoms with Crippen LogP contribution < -0.4 is 10.6 Å². The van der Waals surface area contributed by atoms with Crippen LogP contribution in [0.2, 0.25) is 0 Å². The molecule has 124 valence electrons. The van der Waals surface area contributed by atoms with Crippen molar-refractivity contribution >= 4 is 39.1 Å². The molecular weight excluding hydrogens is 368 g/mol. The highest BCUT2D eigenvalue weighted by molar-refractivity contribution is 9.10. The number of anilines is 2. The molecule has 0 saturated heterocycles. The van der Waals surface area contributed by atoms with Crippen LogP contribution in [0.25, 0.3) is 0 Å². The van der Waals surface area contributed by atoms with Crippen LogP contribution in [0, 0.1) is 12.8 Å². The number of carbonyl (C=O) groups is 2. The minimum Gasteiger partial charge on any atom is -0.326 e. The maximum Gasteiger partial charge on any atom is 0.227 e. The second-order valence-corrected chi connectivity index (χ2v) is 7.01. The third-order valence-corrected chi connectivity index (χ3v) is 4.79. The molecule has 2 aromatic rings. The Morgan fingerprint density at radius 1 is 1.29 bits per heavy atom. The van der Waals surface area contributed by atoms with E-state index < -0.39 is 0 Å². The molecule has 0 bridgehead atoms. The molecule has 2 aromatic carbocycles. The number of halogens is 1. The topological polar surface area (TPSA) is 58.2 Å². The number of nitrogens with one attached hydrogen (secondary N) is 2. The molecule has 24 heavy (non-hydrogen) atoms. The molecule has 0 saturated carbocycles. The maximum atomic E-state index is 12.2. The third-order valence-electron chi connectivity index (χ3n) is 4.29. The molecule has 2 amide bonds. The standard InChI is InChI=1S/C19H19BrN2O2/c1-12-10-15(20)7-8-16(12)21-18(23)9-6-14-11-13-4-2-3-5-17(13)22-19(14)24/h2-5,7-8,10,14H,6,9,11H2,1H3,(H,21,23)(H,22,24). The minimum atomic E-state index is -0.156. The summed E-state index contributed by atoms with van der Waals surface area (Å²) in [5.41, 5.74) is 3.82. The molecule has 3 rings (SSSR count). The average molecular weight is 387 g/mol. The van der Waals surface area contributed by atoms with Crippen molar-refractivity contribution in [2.24, 2.45) is 5.92 Å². The first-order valence-electron chi connectivity index (χ1n) is 7.97. The van der Waals surface area contributed by atoms with Crippen LogP contribution in [0.1, 0.15) is 24.0 Å². The van der Waals surface area contributed by atoms with Gasteiger partial charge in [0.25, 0.3) is 0 Å². The molecular formula is C19H19BrN2O2. The van der Waals surface area contributed by atoms with Crippen molar-refractivity contribution in [3.05, 3.63) is 58.1 Å². The zero-order chi connectivity index (χ0) is 17.1. The predicted octanol–water partition coefficient (Wildman–Crippen LogP) is 4.29. The summed E-state index contributed by atoms with van der Waals surface area (Å²) in [6.45, 7) is 1.95. The molecule has 2 N–H and O–H groups in total. The van der Waals surface area contributed by atoms with Gasteiger partial charge >= 0.3 is 0 Å². The summed E-state index contributed by atoms with van der Waals surface area (Å²) < 4.78 is 0.982. The lowest BCUT2D eigenvalue weighted by Gasteiger charge is -2.24. The lowest BCUT2D eigenvalue weighted by atomic mass is 9.89. The number of fused-ring (bicyclic) bond motifs is 1. The van der Waals surface area contributed by atoms with Gasteiger partial charge in [-0.1, -0.05) is 34.1 Å². The van der Waals surface area contributed by atoms with Crippen molar-refractivity contribution in [1.82, 2.24) is 0 Å². The first kappa shape index (κ1) is 16.7. The number of para-hydroxylation sites is 1. The van der Waals surface area contributed by atoms with Crippen LogP contribution >= 0.6 is 15.9 Å². The molecule has 4 nitrogen and oxygen atoms in total. The summed E-state index contributed by atoms with van der Waals surface area (Å²) in [4.78, 5) is 24.4. The number of carbonyl (C=O) groups excluding carboxylic acids is 2. The van der Waals surface area contributed by atoms with Crippen LogP contribution in [0.4, 0.5) is 11.4 Å². The van der Waals surface area contributed by atoms with E-state index in [0.29, 0.717) is 19.3 Å². The number of amides is 2. The maximum absolute atomic E-state index is 12.2. The fourth-order valence-electron chi connectivity index (χ4n) is 2.93. The normalized spacial score (nSPS) is 16.2. The van der Waals surface area contributed by atoms with Gasteiger partial charge in [0, 0.05) is 28.2 Å². The van der Waals surface area contributed by atoms with Crippen molar-refractivity contribution in [1.29, 1.82) is 0 Å². The highest BCUT2D eigenvalue weighted by Gasteiger charge is 2.26. The number of rotatable bonds is 4. The molecule has 0 aromatic heterocycles. The molecule has 1 unspecified atom stereocenters. The fraction of sp³-hybridized carbons (Fsp3) is 0.263. The van der Waals surface area contributed by atoms with Gasteiger partial charge in [0.2, 0.25) is 11.8 Å². The van der Waals surface area contributed by atoms with Crippen LogP contribution in [0.5, 0.6) is 0 Å². The first-order valence-corrected chi connectivity index (χ1v) is 8.77. The Labute approximate surface area is 149 Å². The molecule has 0 spiro atoms. The molecule has 1 heterocycles. The van der Waals surface area contributed by atoms with E-state index >= 15 is 0 Å². The van der Waals surface area contributed by atoms with Crippen LogP contribution in [-0.4, -0.2) is 11.8 Å². The van der Waals surface area contributed by atoms with Crippen LogP contribution in [0.3, 0.4) is 0 Å². The van der Waals surface area contributed by atoms with Gasteiger partial charge in [-0.2, -0.15) is 0 Å². The second kappa shape index (κ2) is 7.18. The van der Waals surface area contributed by atoms with E-state index in [1.807, 2.05) is 49.4 Å². The van der Waals surface area contributed by atoms with E-state index in [4.69, 9.17) is 0 Å². The van der Waals surface area contributed by atoms with E-state index in [1.165, 1.54) is 0 Å². The zero-order valence-electron chi connectivity index (χ0n) is 13.4. The molecule has 0 fully saturated rings. The second-order valence-electron chi connectivity index (χ2n) is 6.09. The van der Waals surface area contributed by atoms with E-state index in [1.54, 1.807) is 0 Å². The first-order chi connectivity index (χ1) is 11.5. The lowest BCUT2D eigenvalue weighted by Crippen LogP contribution is -2.30. The summed E-state index contributed by atoms with van der Waals surface area (Å²) in [5.74, 6) is -0.218. The Hall–Kier alpha value is -2.14. The van der Waals surface area contributed by atoms with Crippen molar-refractivity contribution in [3.8, 4) is 0 Å². The van der Waals surface area contributed by atoms with Gasteiger partial charge in [0.1, 0.15) is 0 Å². The van der Waals surface area contributed by atoms with Gasteiger partial charge in [-0.05, 0) is 55.2 Å². The van der Waals surface area contributed by atoms with E-state index in [-0.39, 0.29) is 17.7 Å². The minimum absolute atomic E-state index is 0.00122. The molecule has 1 atom stereocenters. The summed E-state index contributed by atoms with van der Waals surface area (Å²) in [6.07, 6.45) is 1.56. The lowest BCUT2D eigenvalue weighted by molar-refractivity contribution is -0.121. The molecule has 0 radical (unpaired) electrons. The van der Waals surface area contributed by atoms with Crippen molar-refractivity contribution in [2.75, 3.05) is 10.6 Å². The van der Waals surface area contributed by atoms with Crippen molar-refractivity contribution in [3.63, 3.8) is 0 Å². The van der Waals surface area contributed by atoms with Gasteiger partial charge in [0.15, 0.2) is 0 Å². The Morgan fingerprint density at radius 2 is 2.08 bits per heavy atom. The Bertz CT molecular complexity index is 789. The summed E-state index contributed by atoms with van der Waals surface area (Å²) in [7, 11) is 0. The number of hydrogen-bond acceptors (Lipinski definition) is 2. The van der Waals surface area contributed by atoms with Gasteiger partial charge in [0.05, 0.1) is 0 Å². The van der Waals surface area contributed by atoms with E-state index in [0.717, 1.165) is 27.0 Å². The van der Waals surface area contributed by atoms with Gasteiger partial charge in [-0.3, -0.25) is 9.59 Å². The number of hydrogen-bond donors (Lipinski definition) is 2. The summed E-state index contributed by atoms with van der Waals surface area (Å²) >= 11 is 3.41. The number of aryl methyl sites for hydroxylation is 1. The van der Waals surface area contributed by atoms with Crippen molar-refractivity contribution < 1.29 is 9.59 Å². The largest absolute Gasteiger partial charge is 0.326 e. The SMILES string of the molecule is Cc1cc(Br)ccc1NC(=O)CCC1Cc2ccccc2NC1=O. The summed E-state index contributed by atoms with van der Waals surface area (Å²) in [6, 6.07) is 13.5. The third kappa shape index (κ3) is 3.85. The molecule has 1 aliphatic rings. The molecule has 5 heteroatoms. The predicted molar refractivity (Wildman–Crippen MR) is 99.0 cm³/mol. The number of benzene rings is 2. The highest BCUT2D eigenvalue weighted by Crippen LogP contribution is 2.28. The quantitative estimate of drug-likeness (QED) is 0.823. The van der Waals surface area contributed by atoms with Gasteiger partial charge in [-0.25, -0.2) is 0 Å². The Balaban J connectivity index is 1.57. The molecule has 1 aliphatic heterocycles. The van der Waals surface area contributed by atoms with Crippen LogP contribution in [0.15, 0.2) is 46.9 Å². The van der Waals surface area contributed by atoms with Crippen molar-refractivity contribution in [2.45, 2.75) is 26.2 Å². The average Bonchev–Trinajstić information content (AvgIpc) is 2.55. The summed E-state index contributed by atoms with van der Waals surface area (Å²) in [5, 5.41) is 5.84. The van der Waals surface area contributed by atoms with Gasteiger partial charge < -0.3 is 10.6 Å². The van der Waals surface area contributed by atoms with Gasteiger partial charge in [-0.15, -0.1) is 0 Å². The molecule has 0 aliphatic carbocycles. The zero-order valence-corrected chi connectivity index (χ0v) is 15.0.